The lowest BCUT2D eigenvalue weighted by Gasteiger charge is -2.16. The summed E-state index contributed by atoms with van der Waals surface area (Å²) in [6.07, 6.45) is 2.01. The van der Waals surface area contributed by atoms with Crippen LogP contribution >= 0.6 is 11.6 Å². The van der Waals surface area contributed by atoms with E-state index in [-0.39, 0.29) is 11.5 Å². The third kappa shape index (κ3) is 1.48. The van der Waals surface area contributed by atoms with Crippen molar-refractivity contribution < 1.29 is 9.31 Å². The molecule has 0 radical (unpaired) electrons. The van der Waals surface area contributed by atoms with Gasteiger partial charge in [-0.2, -0.15) is 4.39 Å². The van der Waals surface area contributed by atoms with Gasteiger partial charge in [0.1, 0.15) is 0 Å². The van der Waals surface area contributed by atoms with Crippen LogP contribution in [0.5, 0.6) is 0 Å². The fourth-order valence-electron chi connectivity index (χ4n) is 0.888. The molecule has 0 amide bonds. The molecule has 1 aliphatic rings. The number of halogens is 2. The first-order chi connectivity index (χ1) is 5.46. The summed E-state index contributed by atoms with van der Waals surface area (Å²) in [5.74, 6) is -2.52. The summed E-state index contributed by atoms with van der Waals surface area (Å²) >= 11 is 5.54. The Morgan fingerprint density at radius 1 is 1.83 bits per heavy atom. The molecule has 1 rings (SSSR count). The van der Waals surface area contributed by atoms with Crippen molar-refractivity contribution in [2.24, 2.45) is 0 Å². The first-order valence-electron chi connectivity index (χ1n) is 3.34. The van der Waals surface area contributed by atoms with Crippen LogP contribution in [0.4, 0.5) is 4.39 Å². The van der Waals surface area contributed by atoms with E-state index in [0.29, 0.717) is 5.57 Å². The third-order valence-corrected chi connectivity index (χ3v) is 2.13. The summed E-state index contributed by atoms with van der Waals surface area (Å²) in [6.45, 7) is 1.68. The van der Waals surface area contributed by atoms with Crippen molar-refractivity contribution in [2.75, 3.05) is 0 Å². The van der Waals surface area contributed by atoms with Gasteiger partial charge in [-0.05, 0) is 12.5 Å². The normalized spacial score (nSPS) is 29.2. The zero-order chi connectivity index (χ0) is 9.35. The predicted octanol–water partition coefficient (Wildman–Crippen LogP) is 2.40. The van der Waals surface area contributed by atoms with Gasteiger partial charge >= 0.3 is 5.79 Å². The van der Waals surface area contributed by atoms with Crippen molar-refractivity contribution in [3.63, 3.8) is 0 Å². The molecular weight excluding hydrogens is 185 g/mol. The molecule has 0 aliphatic heterocycles. The highest BCUT2D eigenvalue weighted by atomic mass is 35.5. The van der Waals surface area contributed by atoms with Crippen LogP contribution in [-0.4, -0.2) is 10.7 Å². The van der Waals surface area contributed by atoms with Crippen LogP contribution in [0.3, 0.4) is 0 Å². The fourth-order valence-corrected chi connectivity index (χ4v) is 1.13. The van der Waals surface area contributed by atoms with Crippen LogP contribution in [0.25, 0.3) is 0 Å². The molecule has 0 heterocycles. The van der Waals surface area contributed by atoms with Crippen LogP contribution < -0.4 is 0 Å². The predicted molar refractivity (Wildman–Crippen MR) is 43.1 cm³/mol. The second-order valence-electron chi connectivity index (χ2n) is 2.66. The number of rotatable bonds is 1. The molecule has 0 saturated carbocycles. The van der Waals surface area contributed by atoms with E-state index >= 15 is 0 Å². The molecule has 0 aromatic rings. The highest BCUT2D eigenvalue weighted by Gasteiger charge is 2.41. The van der Waals surface area contributed by atoms with Gasteiger partial charge in [-0.3, -0.25) is 10.1 Å². The van der Waals surface area contributed by atoms with Crippen LogP contribution in [0.15, 0.2) is 22.8 Å². The quantitative estimate of drug-likeness (QED) is 0.363. The average molecular weight is 192 g/mol. The van der Waals surface area contributed by atoms with Gasteiger partial charge in [-0.1, -0.05) is 17.7 Å². The Labute approximate surface area is 73.7 Å². The molecule has 66 valence electrons. The monoisotopic (exact) mass is 191 g/mol. The van der Waals surface area contributed by atoms with Crippen molar-refractivity contribution in [1.82, 2.24) is 0 Å². The van der Waals surface area contributed by atoms with Crippen LogP contribution in [0.1, 0.15) is 13.3 Å². The van der Waals surface area contributed by atoms with Crippen molar-refractivity contribution in [1.29, 1.82) is 0 Å². The van der Waals surface area contributed by atoms with Gasteiger partial charge in [0.2, 0.25) is 0 Å². The minimum atomic E-state index is -2.52. The number of nitro groups is 1. The molecule has 0 fully saturated rings. The first kappa shape index (κ1) is 9.19. The lowest BCUT2D eigenvalue weighted by molar-refractivity contribution is -0.588. The molecule has 1 aliphatic carbocycles. The molecule has 0 aromatic heterocycles. The molecule has 5 heteroatoms. The Balaban J connectivity index is 2.98. The molecule has 0 aromatic carbocycles. The van der Waals surface area contributed by atoms with E-state index in [1.165, 1.54) is 6.08 Å². The van der Waals surface area contributed by atoms with E-state index < -0.39 is 10.7 Å². The highest BCUT2D eigenvalue weighted by Crippen LogP contribution is 2.31. The second kappa shape index (κ2) is 2.86. The molecule has 1 unspecified atom stereocenters. The van der Waals surface area contributed by atoms with E-state index in [9.17, 15) is 14.5 Å². The van der Waals surface area contributed by atoms with Gasteiger partial charge in [0.15, 0.2) is 0 Å². The first-order valence-corrected chi connectivity index (χ1v) is 3.72. The Kier molecular flexibility index (Phi) is 2.19. The van der Waals surface area contributed by atoms with Gasteiger partial charge in [-0.25, -0.2) is 0 Å². The summed E-state index contributed by atoms with van der Waals surface area (Å²) in [6, 6.07) is 0. The maximum absolute atomic E-state index is 13.2. The standard InChI is InChI=1S/C7H7ClFNO2/c1-5-2-3-7(9,10(11)12)4-6(5)8/h2,4H,3H2,1H3. The van der Waals surface area contributed by atoms with Gasteiger partial charge < -0.3 is 0 Å². The van der Waals surface area contributed by atoms with Gasteiger partial charge in [-0.15, -0.1) is 0 Å². The van der Waals surface area contributed by atoms with E-state index in [0.717, 1.165) is 6.08 Å². The smallest absolute Gasteiger partial charge is 0.261 e. The number of alkyl halides is 1. The van der Waals surface area contributed by atoms with E-state index in [2.05, 4.69) is 0 Å². The maximum Gasteiger partial charge on any atom is 0.383 e. The highest BCUT2D eigenvalue weighted by molar-refractivity contribution is 6.32. The van der Waals surface area contributed by atoms with Crippen molar-refractivity contribution in [2.45, 2.75) is 19.1 Å². The fraction of sp³-hybridized carbons (Fsp3) is 0.429. The van der Waals surface area contributed by atoms with Crippen molar-refractivity contribution >= 4 is 11.6 Å². The number of nitrogens with zero attached hydrogens (tertiary/aromatic N) is 1. The van der Waals surface area contributed by atoms with Gasteiger partial charge in [0.25, 0.3) is 0 Å². The molecule has 1 atom stereocenters. The average Bonchev–Trinajstić information content (AvgIpc) is 1.97. The van der Waals surface area contributed by atoms with Crippen LogP contribution in [0, 0.1) is 10.1 Å². The lowest BCUT2D eigenvalue weighted by atomic mass is 10.0. The lowest BCUT2D eigenvalue weighted by Crippen LogP contribution is -2.31. The molecule has 0 bridgehead atoms. The minimum Gasteiger partial charge on any atom is -0.261 e. The van der Waals surface area contributed by atoms with Gasteiger partial charge in [0.05, 0.1) is 11.3 Å². The second-order valence-corrected chi connectivity index (χ2v) is 3.07. The maximum atomic E-state index is 13.2. The molecule has 0 N–H and O–H groups in total. The Morgan fingerprint density at radius 2 is 2.42 bits per heavy atom. The third-order valence-electron chi connectivity index (χ3n) is 1.72. The Hall–Kier alpha value is -0.900. The van der Waals surface area contributed by atoms with Crippen LogP contribution in [0.2, 0.25) is 0 Å². The summed E-state index contributed by atoms with van der Waals surface area (Å²) in [5, 5.41) is 10.3. The van der Waals surface area contributed by atoms with E-state index in [4.69, 9.17) is 11.6 Å². The number of hydrogen-bond acceptors (Lipinski definition) is 2. The minimum absolute atomic E-state index is 0.112. The van der Waals surface area contributed by atoms with Crippen molar-refractivity contribution in [3.8, 4) is 0 Å². The van der Waals surface area contributed by atoms with Crippen molar-refractivity contribution in [3.05, 3.63) is 32.9 Å². The zero-order valence-electron chi connectivity index (χ0n) is 6.38. The van der Waals surface area contributed by atoms with Crippen LogP contribution in [-0.2, 0) is 0 Å². The summed E-state index contributed by atoms with van der Waals surface area (Å²) in [4.78, 5) is 9.25. The van der Waals surface area contributed by atoms with E-state index in [1.54, 1.807) is 6.92 Å². The SMILES string of the molecule is CC1=CCC(F)([N+](=O)[O-])C=C1Cl. The molecule has 12 heavy (non-hydrogen) atoms. The summed E-state index contributed by atoms with van der Waals surface area (Å²) in [5.41, 5.74) is 0.673. The molecule has 0 saturated heterocycles. The summed E-state index contributed by atoms with van der Waals surface area (Å²) < 4.78 is 13.2. The number of hydrogen-bond donors (Lipinski definition) is 0. The molecule has 0 spiro atoms. The Bertz CT molecular complexity index is 287. The summed E-state index contributed by atoms with van der Waals surface area (Å²) in [7, 11) is 0. The Morgan fingerprint density at radius 3 is 2.83 bits per heavy atom. The molecular formula is C7H7ClFNO2. The zero-order valence-corrected chi connectivity index (χ0v) is 7.14. The number of allylic oxidation sites excluding steroid dienone is 2. The van der Waals surface area contributed by atoms with Gasteiger partial charge in [0, 0.05) is 11.1 Å². The largest absolute Gasteiger partial charge is 0.383 e. The van der Waals surface area contributed by atoms with E-state index in [1.807, 2.05) is 0 Å². The topological polar surface area (TPSA) is 43.1 Å². The molecule has 3 nitrogen and oxygen atoms in total.